The molecule has 1 nitrogen and oxygen atoms in total. The molecule has 3 aromatic carbocycles. The van der Waals surface area contributed by atoms with Gasteiger partial charge in [0.05, 0.1) is 0 Å². The number of para-hydroxylation sites is 1. The zero-order valence-corrected chi connectivity index (χ0v) is 12.4. The number of benzene rings is 3. The van der Waals surface area contributed by atoms with Gasteiger partial charge in [0, 0.05) is 4.47 Å². The number of hydrogen-bond donors (Lipinski definition) is 0. The lowest BCUT2D eigenvalue weighted by Gasteiger charge is -2.09. The molecule has 0 amide bonds. The van der Waals surface area contributed by atoms with E-state index >= 15 is 0 Å². The average molecular weight is 325 g/mol. The highest BCUT2D eigenvalue weighted by atomic mass is 79.9. The van der Waals surface area contributed by atoms with E-state index in [4.69, 9.17) is 4.74 Å². The molecule has 0 N–H and O–H groups in total. The standard InChI is InChI=1S/C18H13BrO/c19-18-12-5-4-11-17(18)14-7-6-10-16(13-14)20-15-8-2-1-3-9-15/h1-13H. The van der Waals surface area contributed by atoms with E-state index in [0.717, 1.165) is 27.1 Å². The summed E-state index contributed by atoms with van der Waals surface area (Å²) in [6.45, 7) is 0. The first-order valence-corrected chi connectivity index (χ1v) is 7.20. The smallest absolute Gasteiger partial charge is 0.128 e. The van der Waals surface area contributed by atoms with Crippen molar-refractivity contribution in [2.45, 2.75) is 0 Å². The first kappa shape index (κ1) is 12.9. The van der Waals surface area contributed by atoms with Crippen molar-refractivity contribution in [2.75, 3.05) is 0 Å². The molecular formula is C18H13BrO. The maximum absolute atomic E-state index is 5.87. The SMILES string of the molecule is Brc1ccccc1-c1cccc(Oc2ccccc2)c1. The minimum atomic E-state index is 0.837. The highest BCUT2D eigenvalue weighted by Gasteiger charge is 2.04. The summed E-state index contributed by atoms with van der Waals surface area (Å²) >= 11 is 3.58. The van der Waals surface area contributed by atoms with Crippen molar-refractivity contribution in [1.82, 2.24) is 0 Å². The lowest BCUT2D eigenvalue weighted by atomic mass is 10.1. The number of hydrogen-bond acceptors (Lipinski definition) is 1. The van der Waals surface area contributed by atoms with Crippen LogP contribution in [0.3, 0.4) is 0 Å². The summed E-state index contributed by atoms with van der Waals surface area (Å²) in [6.07, 6.45) is 0. The van der Waals surface area contributed by atoms with E-state index < -0.39 is 0 Å². The maximum atomic E-state index is 5.87. The molecule has 20 heavy (non-hydrogen) atoms. The van der Waals surface area contributed by atoms with Crippen LogP contribution in [0, 0.1) is 0 Å². The van der Waals surface area contributed by atoms with Gasteiger partial charge < -0.3 is 4.74 Å². The second kappa shape index (κ2) is 5.93. The Morgan fingerprint density at radius 2 is 1.35 bits per heavy atom. The van der Waals surface area contributed by atoms with Gasteiger partial charge in [-0.1, -0.05) is 64.5 Å². The largest absolute Gasteiger partial charge is 0.457 e. The van der Waals surface area contributed by atoms with E-state index in [9.17, 15) is 0 Å². The first-order valence-electron chi connectivity index (χ1n) is 6.41. The molecule has 0 aliphatic rings. The average Bonchev–Trinajstić information content (AvgIpc) is 2.49. The zero-order valence-electron chi connectivity index (χ0n) is 10.8. The van der Waals surface area contributed by atoms with Crippen molar-refractivity contribution in [3.63, 3.8) is 0 Å². The van der Waals surface area contributed by atoms with E-state index in [0.29, 0.717) is 0 Å². The number of halogens is 1. The lowest BCUT2D eigenvalue weighted by Crippen LogP contribution is -1.85. The molecule has 0 fully saturated rings. The molecule has 0 heterocycles. The van der Waals surface area contributed by atoms with Crippen molar-refractivity contribution in [1.29, 1.82) is 0 Å². The van der Waals surface area contributed by atoms with E-state index in [1.165, 1.54) is 0 Å². The molecular weight excluding hydrogens is 312 g/mol. The van der Waals surface area contributed by atoms with Gasteiger partial charge >= 0.3 is 0 Å². The van der Waals surface area contributed by atoms with Crippen LogP contribution in [0.2, 0.25) is 0 Å². The minimum Gasteiger partial charge on any atom is -0.457 e. The zero-order chi connectivity index (χ0) is 13.8. The van der Waals surface area contributed by atoms with Crippen LogP contribution in [-0.2, 0) is 0 Å². The molecule has 0 aliphatic carbocycles. The molecule has 3 aromatic rings. The summed E-state index contributed by atoms with van der Waals surface area (Å²) in [5.74, 6) is 1.68. The van der Waals surface area contributed by atoms with Crippen molar-refractivity contribution >= 4 is 15.9 Å². The van der Waals surface area contributed by atoms with Crippen LogP contribution in [0.5, 0.6) is 11.5 Å². The van der Waals surface area contributed by atoms with Crippen molar-refractivity contribution in [3.8, 4) is 22.6 Å². The first-order chi connectivity index (χ1) is 9.83. The third-order valence-corrected chi connectivity index (χ3v) is 3.69. The third kappa shape index (κ3) is 2.91. The molecule has 0 saturated carbocycles. The fourth-order valence-corrected chi connectivity index (χ4v) is 2.56. The van der Waals surface area contributed by atoms with Crippen LogP contribution in [-0.4, -0.2) is 0 Å². The van der Waals surface area contributed by atoms with E-state index in [1.807, 2.05) is 66.7 Å². The molecule has 0 bridgehead atoms. The van der Waals surface area contributed by atoms with Gasteiger partial charge in [-0.15, -0.1) is 0 Å². The monoisotopic (exact) mass is 324 g/mol. The van der Waals surface area contributed by atoms with E-state index in [-0.39, 0.29) is 0 Å². The normalized spacial score (nSPS) is 10.2. The second-order valence-electron chi connectivity index (χ2n) is 4.42. The predicted octanol–water partition coefficient (Wildman–Crippen LogP) is 5.91. The molecule has 0 unspecified atom stereocenters. The Morgan fingerprint density at radius 1 is 0.650 bits per heavy atom. The van der Waals surface area contributed by atoms with Gasteiger partial charge in [-0.2, -0.15) is 0 Å². The predicted molar refractivity (Wildman–Crippen MR) is 86.1 cm³/mol. The van der Waals surface area contributed by atoms with Crippen molar-refractivity contribution in [3.05, 3.63) is 83.3 Å². The Hall–Kier alpha value is -2.06. The highest BCUT2D eigenvalue weighted by Crippen LogP contribution is 2.31. The summed E-state index contributed by atoms with van der Waals surface area (Å²) in [5.41, 5.74) is 2.29. The Bertz CT molecular complexity index is 707. The molecule has 0 aliphatic heterocycles. The molecule has 0 atom stereocenters. The minimum absolute atomic E-state index is 0.837. The molecule has 2 heteroatoms. The summed E-state index contributed by atoms with van der Waals surface area (Å²) in [5, 5.41) is 0. The van der Waals surface area contributed by atoms with Crippen LogP contribution < -0.4 is 4.74 Å². The van der Waals surface area contributed by atoms with E-state index in [2.05, 4.69) is 28.1 Å². The Morgan fingerprint density at radius 3 is 2.15 bits per heavy atom. The fraction of sp³-hybridized carbons (Fsp3) is 0. The van der Waals surface area contributed by atoms with Gasteiger partial charge in [0.1, 0.15) is 11.5 Å². The van der Waals surface area contributed by atoms with Crippen molar-refractivity contribution < 1.29 is 4.74 Å². The quantitative estimate of drug-likeness (QED) is 0.582. The molecule has 0 saturated heterocycles. The molecule has 98 valence electrons. The van der Waals surface area contributed by atoms with Gasteiger partial charge in [-0.25, -0.2) is 0 Å². The summed E-state index contributed by atoms with van der Waals surface area (Å²) < 4.78 is 6.95. The Kier molecular flexibility index (Phi) is 3.84. The van der Waals surface area contributed by atoms with Gasteiger partial charge in [0.2, 0.25) is 0 Å². The van der Waals surface area contributed by atoms with Crippen LogP contribution >= 0.6 is 15.9 Å². The van der Waals surface area contributed by atoms with Crippen LogP contribution in [0.25, 0.3) is 11.1 Å². The third-order valence-electron chi connectivity index (χ3n) is 3.00. The highest BCUT2D eigenvalue weighted by molar-refractivity contribution is 9.10. The van der Waals surface area contributed by atoms with Crippen LogP contribution in [0.15, 0.2) is 83.3 Å². The summed E-state index contributed by atoms with van der Waals surface area (Å²) in [7, 11) is 0. The molecule has 0 aromatic heterocycles. The second-order valence-corrected chi connectivity index (χ2v) is 5.28. The summed E-state index contributed by atoms with van der Waals surface area (Å²) in [6, 6.07) is 26.1. The maximum Gasteiger partial charge on any atom is 0.128 e. The topological polar surface area (TPSA) is 9.23 Å². The molecule has 0 radical (unpaired) electrons. The van der Waals surface area contributed by atoms with Gasteiger partial charge in [-0.3, -0.25) is 0 Å². The molecule has 0 spiro atoms. The Balaban J connectivity index is 1.92. The van der Waals surface area contributed by atoms with Gasteiger partial charge in [-0.05, 0) is 41.5 Å². The van der Waals surface area contributed by atoms with Gasteiger partial charge in [0.15, 0.2) is 0 Å². The number of ether oxygens (including phenoxy) is 1. The van der Waals surface area contributed by atoms with E-state index in [1.54, 1.807) is 0 Å². The number of rotatable bonds is 3. The Labute approximate surface area is 127 Å². The van der Waals surface area contributed by atoms with Crippen LogP contribution in [0.1, 0.15) is 0 Å². The fourth-order valence-electron chi connectivity index (χ4n) is 2.05. The molecule has 3 rings (SSSR count). The summed E-state index contributed by atoms with van der Waals surface area (Å²) in [4.78, 5) is 0. The lowest BCUT2D eigenvalue weighted by molar-refractivity contribution is 0.483. The van der Waals surface area contributed by atoms with Crippen LogP contribution in [0.4, 0.5) is 0 Å². The van der Waals surface area contributed by atoms with Gasteiger partial charge in [0.25, 0.3) is 0 Å². The van der Waals surface area contributed by atoms with Crippen molar-refractivity contribution in [2.24, 2.45) is 0 Å².